The van der Waals surface area contributed by atoms with Crippen molar-refractivity contribution in [3.8, 4) is 22.6 Å². The van der Waals surface area contributed by atoms with Crippen LogP contribution >= 0.6 is 11.3 Å². The smallest absolute Gasteiger partial charge is 0.346 e. The maximum atomic E-state index is 12.5. The van der Waals surface area contributed by atoms with E-state index in [1.165, 1.54) is 17.4 Å². The standard InChI is InChI=1S/C22H19NO5S/c1-2-28-16-10-13(8-9-15(16)24)14-11-17(25)23-19-18(12-6-4-3-5-7-12)21(22(26)27)29-20(14)19/h3-10,14,24H,2,11H2,1H3,(H,23,25)(H,26,27)/t14-/m0/s1. The van der Waals surface area contributed by atoms with Gasteiger partial charge in [-0.25, -0.2) is 4.79 Å². The first-order chi connectivity index (χ1) is 14.0. The molecule has 29 heavy (non-hydrogen) atoms. The number of phenols is 1. The first kappa shape index (κ1) is 19.0. The van der Waals surface area contributed by atoms with Crippen LogP contribution in [0.15, 0.2) is 48.5 Å². The average Bonchev–Trinajstić information content (AvgIpc) is 3.09. The summed E-state index contributed by atoms with van der Waals surface area (Å²) in [6.45, 7) is 2.22. The Morgan fingerprint density at radius 3 is 2.69 bits per heavy atom. The lowest BCUT2D eigenvalue weighted by Crippen LogP contribution is -2.22. The van der Waals surface area contributed by atoms with E-state index in [0.29, 0.717) is 23.6 Å². The van der Waals surface area contributed by atoms with Crippen molar-refractivity contribution in [2.75, 3.05) is 11.9 Å². The highest BCUT2D eigenvalue weighted by atomic mass is 32.1. The number of hydrogen-bond acceptors (Lipinski definition) is 5. The number of anilines is 1. The zero-order valence-corrected chi connectivity index (χ0v) is 16.5. The van der Waals surface area contributed by atoms with Crippen molar-refractivity contribution in [3.05, 3.63) is 63.8 Å². The third-order valence-corrected chi connectivity index (χ3v) is 6.14. The zero-order valence-electron chi connectivity index (χ0n) is 15.6. The molecule has 1 amide bonds. The maximum Gasteiger partial charge on any atom is 0.346 e. The predicted molar refractivity (Wildman–Crippen MR) is 111 cm³/mol. The molecule has 4 rings (SSSR count). The number of ether oxygens (including phenoxy) is 1. The molecular weight excluding hydrogens is 390 g/mol. The number of phenolic OH excluding ortho intramolecular Hbond substituents is 1. The number of benzene rings is 2. The zero-order chi connectivity index (χ0) is 20.5. The molecule has 0 fully saturated rings. The van der Waals surface area contributed by atoms with Gasteiger partial charge in [-0.1, -0.05) is 36.4 Å². The number of thiophene rings is 1. The lowest BCUT2D eigenvalue weighted by molar-refractivity contribution is -0.116. The number of fused-ring (bicyclic) bond motifs is 1. The van der Waals surface area contributed by atoms with Gasteiger partial charge in [0.25, 0.3) is 0 Å². The van der Waals surface area contributed by atoms with Crippen molar-refractivity contribution < 1.29 is 24.5 Å². The molecular formula is C22H19NO5S. The van der Waals surface area contributed by atoms with Crippen LogP contribution in [0.5, 0.6) is 11.5 Å². The molecule has 1 atom stereocenters. The summed E-state index contributed by atoms with van der Waals surface area (Å²) in [5, 5.41) is 22.7. The summed E-state index contributed by atoms with van der Waals surface area (Å²) in [4.78, 5) is 25.5. The summed E-state index contributed by atoms with van der Waals surface area (Å²) < 4.78 is 5.48. The Balaban J connectivity index is 1.89. The second-order valence-electron chi connectivity index (χ2n) is 6.68. The predicted octanol–water partition coefficient (Wildman–Crippen LogP) is 4.69. The van der Waals surface area contributed by atoms with Crippen molar-refractivity contribution in [2.24, 2.45) is 0 Å². The number of rotatable bonds is 5. The Bertz CT molecular complexity index is 1090. The molecule has 3 aromatic rings. The van der Waals surface area contributed by atoms with Crippen LogP contribution in [0.4, 0.5) is 5.69 Å². The minimum atomic E-state index is -1.03. The minimum Gasteiger partial charge on any atom is -0.504 e. The molecule has 3 N–H and O–H groups in total. The molecule has 2 heterocycles. The van der Waals surface area contributed by atoms with Gasteiger partial charge in [0, 0.05) is 22.8 Å². The Kier molecular flexibility index (Phi) is 4.98. The minimum absolute atomic E-state index is 0.0264. The van der Waals surface area contributed by atoms with E-state index in [9.17, 15) is 19.8 Å². The normalized spacial score (nSPS) is 15.5. The van der Waals surface area contributed by atoms with Crippen LogP contribution in [0.2, 0.25) is 0 Å². The fourth-order valence-electron chi connectivity index (χ4n) is 3.61. The number of carbonyl (C=O) groups excluding carboxylic acids is 1. The van der Waals surface area contributed by atoms with Crippen molar-refractivity contribution in [1.82, 2.24) is 0 Å². The molecule has 0 radical (unpaired) electrons. The summed E-state index contributed by atoms with van der Waals surface area (Å²) in [6.07, 6.45) is 0.192. The van der Waals surface area contributed by atoms with Crippen LogP contribution in [0.25, 0.3) is 11.1 Å². The quantitative estimate of drug-likeness (QED) is 0.568. The first-order valence-electron chi connectivity index (χ1n) is 9.20. The van der Waals surface area contributed by atoms with E-state index < -0.39 is 5.97 Å². The van der Waals surface area contributed by atoms with Gasteiger partial charge >= 0.3 is 5.97 Å². The Morgan fingerprint density at radius 2 is 2.00 bits per heavy atom. The first-order valence-corrected chi connectivity index (χ1v) is 10.0. The number of amides is 1. The third-order valence-electron chi connectivity index (χ3n) is 4.85. The largest absolute Gasteiger partial charge is 0.504 e. The maximum absolute atomic E-state index is 12.5. The Morgan fingerprint density at radius 1 is 1.24 bits per heavy atom. The van der Waals surface area contributed by atoms with Crippen LogP contribution in [0.3, 0.4) is 0 Å². The molecule has 0 saturated carbocycles. The molecule has 0 spiro atoms. The number of aromatic carboxylic acids is 1. The van der Waals surface area contributed by atoms with Crippen LogP contribution in [0, 0.1) is 0 Å². The molecule has 6 nitrogen and oxygen atoms in total. The summed E-state index contributed by atoms with van der Waals surface area (Å²) in [7, 11) is 0. The molecule has 0 bridgehead atoms. The molecule has 1 aromatic heterocycles. The highest BCUT2D eigenvalue weighted by Crippen LogP contribution is 2.50. The molecule has 0 saturated heterocycles. The monoisotopic (exact) mass is 409 g/mol. The number of carboxylic acid groups (broad SMARTS) is 1. The van der Waals surface area contributed by atoms with E-state index in [0.717, 1.165) is 16.0 Å². The van der Waals surface area contributed by atoms with Gasteiger partial charge in [0.15, 0.2) is 11.5 Å². The van der Waals surface area contributed by atoms with Crippen LogP contribution in [-0.2, 0) is 4.79 Å². The summed E-state index contributed by atoms with van der Waals surface area (Å²) >= 11 is 1.18. The van der Waals surface area contributed by atoms with Crippen LogP contribution in [-0.4, -0.2) is 28.7 Å². The van der Waals surface area contributed by atoms with E-state index in [2.05, 4.69) is 5.32 Å². The molecule has 1 aliphatic heterocycles. The Hall–Kier alpha value is -3.32. The van der Waals surface area contributed by atoms with E-state index in [1.54, 1.807) is 12.1 Å². The fourth-order valence-corrected chi connectivity index (χ4v) is 4.85. The Labute approximate surface area is 171 Å². The number of carbonyl (C=O) groups is 2. The van der Waals surface area contributed by atoms with Gasteiger partial charge in [0.1, 0.15) is 4.88 Å². The molecule has 0 unspecified atom stereocenters. The van der Waals surface area contributed by atoms with Crippen molar-refractivity contribution in [2.45, 2.75) is 19.3 Å². The SMILES string of the molecule is CCOc1cc([C@@H]2CC(=O)Nc3c2sc(C(=O)O)c3-c2ccccc2)ccc1O. The van der Waals surface area contributed by atoms with E-state index in [1.807, 2.05) is 37.3 Å². The third kappa shape index (κ3) is 3.45. The second kappa shape index (κ2) is 7.60. The molecule has 7 heteroatoms. The number of nitrogens with one attached hydrogen (secondary N) is 1. The highest BCUT2D eigenvalue weighted by Gasteiger charge is 2.34. The van der Waals surface area contributed by atoms with Crippen LogP contribution < -0.4 is 10.1 Å². The highest BCUT2D eigenvalue weighted by molar-refractivity contribution is 7.15. The van der Waals surface area contributed by atoms with Gasteiger partial charge in [-0.2, -0.15) is 0 Å². The van der Waals surface area contributed by atoms with Gasteiger partial charge in [-0.3, -0.25) is 4.79 Å². The lowest BCUT2D eigenvalue weighted by atomic mass is 9.88. The van der Waals surface area contributed by atoms with E-state index >= 15 is 0 Å². The van der Waals surface area contributed by atoms with Crippen LogP contribution in [0.1, 0.15) is 39.4 Å². The van der Waals surface area contributed by atoms with E-state index in [4.69, 9.17) is 4.74 Å². The average molecular weight is 409 g/mol. The molecule has 148 valence electrons. The summed E-state index contributed by atoms with van der Waals surface area (Å²) in [5.41, 5.74) is 2.61. The number of carboxylic acids is 1. The lowest BCUT2D eigenvalue weighted by Gasteiger charge is -2.24. The van der Waals surface area contributed by atoms with Crippen molar-refractivity contribution >= 4 is 28.9 Å². The fraction of sp³-hybridized carbons (Fsp3) is 0.182. The topological polar surface area (TPSA) is 95.9 Å². The van der Waals surface area contributed by atoms with Gasteiger partial charge < -0.3 is 20.3 Å². The van der Waals surface area contributed by atoms with Gasteiger partial charge in [-0.05, 0) is 30.2 Å². The van der Waals surface area contributed by atoms with Crippen molar-refractivity contribution in [1.29, 1.82) is 0 Å². The molecule has 2 aromatic carbocycles. The molecule has 1 aliphatic rings. The van der Waals surface area contributed by atoms with Gasteiger partial charge in [-0.15, -0.1) is 11.3 Å². The summed E-state index contributed by atoms with van der Waals surface area (Å²) in [6, 6.07) is 14.2. The van der Waals surface area contributed by atoms with Gasteiger partial charge in [0.2, 0.25) is 5.91 Å². The van der Waals surface area contributed by atoms with Gasteiger partial charge in [0.05, 0.1) is 12.3 Å². The summed E-state index contributed by atoms with van der Waals surface area (Å²) in [5.74, 6) is -1.16. The second-order valence-corrected chi connectivity index (χ2v) is 7.73. The number of aromatic hydroxyl groups is 1. The van der Waals surface area contributed by atoms with E-state index in [-0.39, 0.29) is 28.9 Å². The number of hydrogen-bond donors (Lipinski definition) is 3. The molecule has 0 aliphatic carbocycles. The van der Waals surface area contributed by atoms with Crippen molar-refractivity contribution in [3.63, 3.8) is 0 Å².